The van der Waals surface area contributed by atoms with Crippen LogP contribution in [0.15, 0.2) is 127 Å². The van der Waals surface area contributed by atoms with Gasteiger partial charge in [-0.25, -0.2) is 4.98 Å². The van der Waals surface area contributed by atoms with Gasteiger partial charge in [0.05, 0.1) is 11.0 Å². The molecule has 1 aromatic heterocycles. The maximum Gasteiger partial charge on any atom is 0.337 e. The van der Waals surface area contributed by atoms with Gasteiger partial charge in [-0.15, -0.1) is 0 Å². The van der Waals surface area contributed by atoms with Gasteiger partial charge >= 0.3 is 6.85 Å². The van der Waals surface area contributed by atoms with Gasteiger partial charge in [-0.1, -0.05) is 72.8 Å². The normalized spacial score (nSPS) is 13.4. The third-order valence-corrected chi connectivity index (χ3v) is 7.35. The summed E-state index contributed by atoms with van der Waals surface area (Å²) in [7, 11) is 0. The van der Waals surface area contributed by atoms with Crippen molar-refractivity contribution in [3.63, 3.8) is 0 Å². The first-order chi connectivity index (χ1) is 17.9. The largest absolute Gasteiger partial charge is 0.345 e. The lowest BCUT2D eigenvalue weighted by Crippen LogP contribution is -2.58. The summed E-state index contributed by atoms with van der Waals surface area (Å²) in [6.45, 7) is 0.0229. The minimum atomic E-state index is 0.0229. The monoisotopic (exact) mass is 460 g/mol. The van der Waals surface area contributed by atoms with Gasteiger partial charge in [0.15, 0.2) is 0 Å². The Morgan fingerprint density at radius 2 is 1.08 bits per heavy atom. The van der Waals surface area contributed by atoms with Gasteiger partial charge < -0.3 is 9.38 Å². The van der Waals surface area contributed by atoms with Crippen molar-refractivity contribution in [1.29, 1.82) is 0 Å². The van der Waals surface area contributed by atoms with Crippen LogP contribution < -0.4 is 20.7 Å². The molecule has 8 rings (SSSR count). The Bertz CT molecular complexity index is 1760. The quantitative estimate of drug-likeness (QED) is 0.285. The fourth-order valence-electron chi connectivity index (χ4n) is 5.93. The smallest absolute Gasteiger partial charge is 0.337 e. The summed E-state index contributed by atoms with van der Waals surface area (Å²) in [6, 6.07) is 45.2. The predicted molar refractivity (Wildman–Crippen MR) is 150 cm³/mol. The number of nitrogens with zero attached hydrogens (tertiary/aromatic N) is 4. The molecule has 2 aliphatic rings. The van der Waals surface area contributed by atoms with Crippen LogP contribution >= 0.6 is 0 Å². The molecule has 168 valence electrons. The lowest BCUT2D eigenvalue weighted by Gasteiger charge is -2.43. The lowest BCUT2D eigenvalue weighted by molar-refractivity contribution is 1.08. The van der Waals surface area contributed by atoms with Gasteiger partial charge in [0.1, 0.15) is 0 Å². The van der Waals surface area contributed by atoms with Gasteiger partial charge in [-0.2, -0.15) is 0 Å². The summed E-state index contributed by atoms with van der Waals surface area (Å²) < 4.78 is 2.43. The number of aromatic nitrogens is 2. The van der Waals surface area contributed by atoms with E-state index in [4.69, 9.17) is 4.98 Å². The van der Waals surface area contributed by atoms with Crippen molar-refractivity contribution in [2.75, 3.05) is 9.80 Å². The molecule has 3 heterocycles. The minimum absolute atomic E-state index is 0.0229. The lowest BCUT2D eigenvalue weighted by atomic mass is 9.46. The second kappa shape index (κ2) is 7.36. The molecule has 0 N–H and O–H groups in total. The summed E-state index contributed by atoms with van der Waals surface area (Å²) in [5.41, 5.74) is 10.5. The third-order valence-electron chi connectivity index (χ3n) is 7.35. The Morgan fingerprint density at radius 3 is 1.86 bits per heavy atom. The topological polar surface area (TPSA) is 24.3 Å². The van der Waals surface area contributed by atoms with Crippen molar-refractivity contribution in [3.05, 3.63) is 127 Å². The number of fused-ring (bicyclic) bond motifs is 6. The molecule has 2 aliphatic heterocycles. The molecule has 36 heavy (non-hydrogen) atoms. The first-order valence-electron chi connectivity index (χ1n) is 12.3. The molecule has 0 unspecified atom stereocenters. The molecule has 4 nitrogen and oxygen atoms in total. The van der Waals surface area contributed by atoms with Crippen molar-refractivity contribution >= 4 is 63.2 Å². The Morgan fingerprint density at radius 1 is 0.500 bits per heavy atom. The molecular formula is C31H21BN4. The van der Waals surface area contributed by atoms with Crippen LogP contribution in [-0.4, -0.2) is 16.3 Å². The Hall–Kier alpha value is -4.77. The molecule has 0 atom stereocenters. The van der Waals surface area contributed by atoms with E-state index >= 15 is 0 Å². The molecule has 5 aromatic carbocycles. The average Bonchev–Trinajstić information content (AvgIpc) is 3.33. The molecule has 5 heteroatoms. The molecule has 0 radical (unpaired) electrons. The van der Waals surface area contributed by atoms with Crippen molar-refractivity contribution in [2.24, 2.45) is 0 Å². The fourth-order valence-corrected chi connectivity index (χ4v) is 5.93. The van der Waals surface area contributed by atoms with Gasteiger partial charge in [0.25, 0.3) is 0 Å². The molecule has 0 spiro atoms. The van der Waals surface area contributed by atoms with Crippen LogP contribution in [-0.2, 0) is 0 Å². The number of hydrogen-bond donors (Lipinski definition) is 0. The first-order valence-corrected chi connectivity index (χ1v) is 12.3. The van der Waals surface area contributed by atoms with E-state index < -0.39 is 0 Å². The number of benzene rings is 5. The predicted octanol–water partition coefficient (Wildman–Crippen LogP) is 6.26. The van der Waals surface area contributed by atoms with Crippen LogP contribution in [0.5, 0.6) is 0 Å². The van der Waals surface area contributed by atoms with E-state index in [0.29, 0.717) is 0 Å². The Kier molecular flexibility index (Phi) is 4.00. The Labute approximate surface area is 209 Å². The summed E-state index contributed by atoms with van der Waals surface area (Å²) in [5.74, 6) is 0.944. The second-order valence-electron chi connectivity index (χ2n) is 9.28. The van der Waals surface area contributed by atoms with Gasteiger partial charge in [-0.05, 0) is 65.5 Å². The highest BCUT2D eigenvalue weighted by atomic mass is 15.3. The van der Waals surface area contributed by atoms with E-state index in [2.05, 4.69) is 142 Å². The van der Waals surface area contributed by atoms with Crippen molar-refractivity contribution in [3.8, 4) is 0 Å². The number of rotatable bonds is 2. The zero-order valence-corrected chi connectivity index (χ0v) is 19.5. The fraction of sp³-hybridized carbons (Fsp3) is 0. The van der Waals surface area contributed by atoms with E-state index in [1.165, 1.54) is 28.0 Å². The maximum absolute atomic E-state index is 5.19. The highest BCUT2D eigenvalue weighted by molar-refractivity contribution is 6.89. The number of anilines is 6. The molecule has 6 aromatic rings. The van der Waals surface area contributed by atoms with Gasteiger partial charge in [0.2, 0.25) is 5.95 Å². The summed E-state index contributed by atoms with van der Waals surface area (Å²) in [6.07, 6.45) is 0. The Balaban J connectivity index is 1.52. The van der Waals surface area contributed by atoms with Crippen molar-refractivity contribution < 1.29 is 0 Å². The zero-order chi connectivity index (χ0) is 23.6. The van der Waals surface area contributed by atoms with E-state index in [0.717, 1.165) is 28.4 Å². The second-order valence-corrected chi connectivity index (χ2v) is 9.28. The number of hydrogen-bond acceptors (Lipinski definition) is 3. The van der Waals surface area contributed by atoms with Gasteiger partial charge in [0, 0.05) is 28.4 Å². The highest BCUT2D eigenvalue weighted by Gasteiger charge is 2.44. The molecule has 0 fully saturated rings. The molecule has 0 saturated carbocycles. The molecule has 0 aliphatic carbocycles. The van der Waals surface area contributed by atoms with Crippen molar-refractivity contribution in [2.45, 2.75) is 0 Å². The van der Waals surface area contributed by atoms with Crippen LogP contribution in [0.2, 0.25) is 0 Å². The SMILES string of the molecule is c1ccc(N2c3ccccc3B3c4c2cccc4N(c2ccccc2)c2nc4ccccc4n23)cc1. The molecule has 0 bridgehead atoms. The zero-order valence-electron chi connectivity index (χ0n) is 19.5. The highest BCUT2D eigenvalue weighted by Crippen LogP contribution is 2.45. The minimum Gasteiger partial charge on any atom is -0.345 e. The number of para-hydroxylation sites is 5. The maximum atomic E-state index is 5.19. The van der Waals surface area contributed by atoms with Crippen molar-refractivity contribution in [1.82, 2.24) is 9.46 Å². The standard InChI is InChI=1S/C31H21BN4/c1-3-12-22(13-4-1)34-26-18-9-7-16-24(26)32-30-28(34)20-11-21-29(30)35(23-14-5-2-6-15-23)31-33-25-17-8-10-19-27(25)36(31)32/h1-21H. The summed E-state index contributed by atoms with van der Waals surface area (Å²) in [4.78, 5) is 9.90. The molecule has 0 amide bonds. The van der Waals surface area contributed by atoms with Crippen LogP contribution in [0, 0.1) is 0 Å². The van der Waals surface area contributed by atoms with E-state index in [-0.39, 0.29) is 6.85 Å². The number of imidazole rings is 1. The average molecular weight is 460 g/mol. The summed E-state index contributed by atoms with van der Waals surface area (Å²) >= 11 is 0. The molecular weight excluding hydrogens is 439 g/mol. The van der Waals surface area contributed by atoms with Gasteiger partial charge in [-0.3, -0.25) is 4.90 Å². The van der Waals surface area contributed by atoms with Crippen LogP contribution in [0.1, 0.15) is 0 Å². The van der Waals surface area contributed by atoms with Crippen LogP contribution in [0.4, 0.5) is 34.4 Å². The molecule has 0 saturated heterocycles. The summed E-state index contributed by atoms with van der Waals surface area (Å²) in [5, 5.41) is 0. The van der Waals surface area contributed by atoms with E-state index in [1.54, 1.807) is 0 Å². The third kappa shape index (κ3) is 2.57. The van der Waals surface area contributed by atoms with E-state index in [9.17, 15) is 0 Å². The van der Waals surface area contributed by atoms with Crippen LogP contribution in [0.3, 0.4) is 0 Å². The van der Waals surface area contributed by atoms with E-state index in [1.807, 2.05) is 0 Å². The van der Waals surface area contributed by atoms with Crippen LogP contribution in [0.25, 0.3) is 11.0 Å². The first kappa shape index (κ1) is 19.5.